The van der Waals surface area contributed by atoms with E-state index in [0.717, 1.165) is 10.4 Å². The lowest BCUT2D eigenvalue weighted by Crippen LogP contribution is -2.27. The standard InChI is InChI=1S/C22H17ClF3N3O4S/c1-32-17-10-18(33-2)16(9-14(17)23)28-22(31)29(34)12-5-3-11(4-6-12)27-21(30)13-7-8-15(24)20(26)19(13)25/h3-10,34H,1-2H3,(H,27,30)(H,28,31). The molecule has 0 spiro atoms. The quantitative estimate of drug-likeness (QED) is 0.284. The average molecular weight is 512 g/mol. The van der Waals surface area contributed by atoms with Crippen LogP contribution in [0.3, 0.4) is 0 Å². The molecule has 0 saturated carbocycles. The summed E-state index contributed by atoms with van der Waals surface area (Å²) in [7, 11) is 2.85. The van der Waals surface area contributed by atoms with Crippen LogP contribution in [0.25, 0.3) is 0 Å². The monoisotopic (exact) mass is 511 g/mol. The maximum atomic E-state index is 13.8. The Morgan fingerprint density at radius 2 is 1.56 bits per heavy atom. The molecule has 3 aromatic rings. The minimum atomic E-state index is -1.74. The molecule has 12 heteroatoms. The molecule has 7 nitrogen and oxygen atoms in total. The number of methoxy groups -OCH3 is 2. The number of thiol groups is 1. The van der Waals surface area contributed by atoms with Crippen LogP contribution in [0.4, 0.5) is 35.0 Å². The fourth-order valence-electron chi connectivity index (χ4n) is 2.83. The first-order chi connectivity index (χ1) is 16.2. The van der Waals surface area contributed by atoms with Crippen LogP contribution in [-0.2, 0) is 0 Å². The highest BCUT2D eigenvalue weighted by atomic mass is 35.5. The Hall–Kier alpha value is -3.57. The van der Waals surface area contributed by atoms with E-state index in [-0.39, 0.29) is 16.4 Å². The Morgan fingerprint density at radius 1 is 0.912 bits per heavy atom. The molecule has 0 bridgehead atoms. The highest BCUT2D eigenvalue weighted by Crippen LogP contribution is 2.36. The molecule has 3 aromatic carbocycles. The van der Waals surface area contributed by atoms with E-state index in [2.05, 4.69) is 23.4 Å². The Bertz CT molecular complexity index is 1250. The second kappa shape index (κ2) is 10.6. The van der Waals surface area contributed by atoms with Crippen molar-refractivity contribution >= 4 is 53.4 Å². The number of nitrogens with zero attached hydrogens (tertiary/aromatic N) is 1. The maximum Gasteiger partial charge on any atom is 0.336 e. The molecule has 0 heterocycles. The molecule has 0 aliphatic rings. The summed E-state index contributed by atoms with van der Waals surface area (Å²) in [5, 5.41) is 5.21. The highest BCUT2D eigenvalue weighted by Gasteiger charge is 2.20. The number of hydrogen-bond donors (Lipinski definition) is 3. The van der Waals surface area contributed by atoms with Gasteiger partial charge in [-0.2, -0.15) is 0 Å². The van der Waals surface area contributed by atoms with Gasteiger partial charge in [-0.15, -0.1) is 0 Å². The summed E-state index contributed by atoms with van der Waals surface area (Å²) >= 11 is 10.3. The number of urea groups is 1. The lowest BCUT2D eigenvalue weighted by atomic mass is 10.1. The molecule has 0 unspecified atom stereocenters. The first kappa shape index (κ1) is 25.1. The predicted molar refractivity (Wildman–Crippen MR) is 126 cm³/mol. The van der Waals surface area contributed by atoms with Crippen molar-refractivity contribution in [1.29, 1.82) is 0 Å². The zero-order valence-electron chi connectivity index (χ0n) is 17.7. The van der Waals surface area contributed by atoms with Crippen LogP contribution < -0.4 is 24.4 Å². The molecule has 0 aliphatic heterocycles. The molecule has 0 atom stereocenters. The number of nitrogens with one attached hydrogen (secondary N) is 2. The maximum absolute atomic E-state index is 13.8. The molecule has 34 heavy (non-hydrogen) atoms. The van der Waals surface area contributed by atoms with E-state index in [1.807, 2.05) is 0 Å². The van der Waals surface area contributed by atoms with E-state index in [4.69, 9.17) is 21.1 Å². The molecule has 0 fully saturated rings. The van der Waals surface area contributed by atoms with Crippen molar-refractivity contribution in [2.45, 2.75) is 0 Å². The Morgan fingerprint density at radius 3 is 2.18 bits per heavy atom. The largest absolute Gasteiger partial charge is 0.495 e. The van der Waals surface area contributed by atoms with Crippen molar-refractivity contribution in [3.8, 4) is 11.5 Å². The van der Waals surface area contributed by atoms with Crippen LogP contribution in [-0.4, -0.2) is 26.2 Å². The van der Waals surface area contributed by atoms with Crippen LogP contribution in [0.5, 0.6) is 11.5 Å². The van der Waals surface area contributed by atoms with Crippen LogP contribution in [0.1, 0.15) is 10.4 Å². The molecule has 3 amide bonds. The van der Waals surface area contributed by atoms with E-state index in [9.17, 15) is 22.8 Å². The smallest absolute Gasteiger partial charge is 0.336 e. The summed E-state index contributed by atoms with van der Waals surface area (Å²) < 4.78 is 51.6. The van der Waals surface area contributed by atoms with E-state index in [1.54, 1.807) is 0 Å². The van der Waals surface area contributed by atoms with Crippen LogP contribution in [0.15, 0.2) is 48.5 Å². The van der Waals surface area contributed by atoms with E-state index < -0.39 is 35.0 Å². The molecule has 178 valence electrons. The van der Waals surface area contributed by atoms with Gasteiger partial charge in [-0.05, 0) is 42.5 Å². The van der Waals surface area contributed by atoms with E-state index in [0.29, 0.717) is 23.3 Å². The predicted octanol–water partition coefficient (Wildman–Crippen LogP) is 5.91. The second-order valence-corrected chi connectivity index (χ2v) is 7.46. The summed E-state index contributed by atoms with van der Waals surface area (Å²) in [6.45, 7) is 0. The van der Waals surface area contributed by atoms with Gasteiger partial charge in [0.25, 0.3) is 5.91 Å². The van der Waals surface area contributed by atoms with Crippen molar-refractivity contribution in [1.82, 2.24) is 0 Å². The summed E-state index contributed by atoms with van der Waals surface area (Å²) in [6.07, 6.45) is 0. The topological polar surface area (TPSA) is 79.9 Å². The van der Waals surface area contributed by atoms with Gasteiger partial charge in [-0.25, -0.2) is 22.3 Å². The Kier molecular flexibility index (Phi) is 7.79. The number of anilines is 3. The van der Waals surface area contributed by atoms with Gasteiger partial charge < -0.3 is 20.1 Å². The summed E-state index contributed by atoms with van der Waals surface area (Å²) in [5.74, 6) is -5.05. The molecule has 2 N–H and O–H groups in total. The van der Waals surface area contributed by atoms with Gasteiger partial charge in [0.05, 0.1) is 36.2 Å². The van der Waals surface area contributed by atoms with Gasteiger partial charge in [0.1, 0.15) is 11.5 Å². The summed E-state index contributed by atoms with van der Waals surface area (Å²) in [5.41, 5.74) is 0.139. The van der Waals surface area contributed by atoms with Crippen molar-refractivity contribution < 1.29 is 32.2 Å². The van der Waals surface area contributed by atoms with Gasteiger partial charge in [-0.3, -0.25) is 4.79 Å². The summed E-state index contributed by atoms with van der Waals surface area (Å²) in [6, 6.07) is 9.50. The number of ether oxygens (including phenoxy) is 2. The number of carbonyl (C=O) groups is 2. The fourth-order valence-corrected chi connectivity index (χ4v) is 3.25. The first-order valence-corrected chi connectivity index (χ1v) is 10.2. The molecule has 0 aliphatic carbocycles. The normalized spacial score (nSPS) is 10.4. The van der Waals surface area contributed by atoms with Gasteiger partial charge >= 0.3 is 6.03 Å². The van der Waals surface area contributed by atoms with Crippen LogP contribution in [0, 0.1) is 17.5 Å². The highest BCUT2D eigenvalue weighted by molar-refractivity contribution is 7.82. The number of rotatable bonds is 6. The van der Waals surface area contributed by atoms with Gasteiger partial charge in [0.15, 0.2) is 17.5 Å². The SMILES string of the molecule is COc1cc(OC)c(NC(=O)N(S)c2ccc(NC(=O)c3ccc(F)c(F)c3F)cc2)cc1Cl. The molecule has 0 radical (unpaired) electrons. The third-order valence-corrected chi connectivity index (χ3v) is 5.27. The first-order valence-electron chi connectivity index (χ1n) is 9.42. The lowest BCUT2D eigenvalue weighted by Gasteiger charge is -2.19. The van der Waals surface area contributed by atoms with Crippen molar-refractivity contribution in [2.24, 2.45) is 0 Å². The molecular formula is C22H17ClF3N3O4S. The molecule has 0 saturated heterocycles. The van der Waals surface area contributed by atoms with Crippen molar-refractivity contribution in [2.75, 3.05) is 29.2 Å². The minimum Gasteiger partial charge on any atom is -0.495 e. The number of halogens is 4. The Balaban J connectivity index is 1.71. The second-order valence-electron chi connectivity index (χ2n) is 6.65. The Labute approximate surface area is 203 Å². The van der Waals surface area contributed by atoms with Crippen LogP contribution in [0.2, 0.25) is 5.02 Å². The van der Waals surface area contributed by atoms with E-state index >= 15 is 0 Å². The third-order valence-electron chi connectivity index (χ3n) is 4.56. The molecular weight excluding hydrogens is 495 g/mol. The minimum absolute atomic E-state index is 0.212. The number of hydrogen-bond acceptors (Lipinski definition) is 5. The summed E-state index contributed by atoms with van der Waals surface area (Å²) in [4.78, 5) is 24.8. The van der Waals surface area contributed by atoms with Gasteiger partial charge in [-0.1, -0.05) is 24.4 Å². The third kappa shape index (κ3) is 5.32. The molecule has 0 aromatic heterocycles. The van der Waals surface area contributed by atoms with Crippen LogP contribution >= 0.6 is 24.4 Å². The van der Waals surface area contributed by atoms with Crippen molar-refractivity contribution in [3.05, 3.63) is 76.6 Å². The number of benzene rings is 3. The average Bonchev–Trinajstić information content (AvgIpc) is 2.82. The zero-order valence-corrected chi connectivity index (χ0v) is 19.3. The lowest BCUT2D eigenvalue weighted by molar-refractivity contribution is 0.102. The zero-order chi connectivity index (χ0) is 25.0. The van der Waals surface area contributed by atoms with Crippen molar-refractivity contribution in [3.63, 3.8) is 0 Å². The number of amides is 3. The van der Waals surface area contributed by atoms with Gasteiger partial charge in [0.2, 0.25) is 0 Å². The number of carbonyl (C=O) groups excluding carboxylic acids is 2. The van der Waals surface area contributed by atoms with E-state index in [1.165, 1.54) is 50.6 Å². The van der Waals surface area contributed by atoms with Gasteiger partial charge in [0, 0.05) is 11.8 Å². The fraction of sp³-hybridized carbons (Fsp3) is 0.0909. The molecule has 3 rings (SSSR count).